The van der Waals surface area contributed by atoms with Gasteiger partial charge in [-0.2, -0.15) is 0 Å². The fourth-order valence-electron chi connectivity index (χ4n) is 4.85. The van der Waals surface area contributed by atoms with Crippen LogP contribution in [0.3, 0.4) is 0 Å². The van der Waals surface area contributed by atoms with Crippen molar-refractivity contribution in [2.24, 2.45) is 35.5 Å². The highest BCUT2D eigenvalue weighted by atomic mass is 16.6. The van der Waals surface area contributed by atoms with E-state index >= 15 is 0 Å². The zero-order valence-electron chi connectivity index (χ0n) is 12.5. The van der Waals surface area contributed by atoms with Crippen LogP contribution in [0, 0.1) is 35.5 Å². The third kappa shape index (κ3) is 2.13. The van der Waals surface area contributed by atoms with Gasteiger partial charge in [-0.15, -0.1) is 0 Å². The number of ether oxygens (including phenoxy) is 2. The Kier molecular flexibility index (Phi) is 3.51. The first kappa shape index (κ1) is 13.9. The van der Waals surface area contributed by atoms with Crippen LogP contribution in [0.4, 0.5) is 0 Å². The van der Waals surface area contributed by atoms with E-state index < -0.39 is 0 Å². The first-order chi connectivity index (χ1) is 9.49. The lowest BCUT2D eigenvalue weighted by Crippen LogP contribution is -2.41. The van der Waals surface area contributed by atoms with E-state index in [0.717, 1.165) is 18.3 Å². The zero-order valence-corrected chi connectivity index (χ0v) is 12.5. The molecule has 2 bridgehead atoms. The van der Waals surface area contributed by atoms with Gasteiger partial charge in [0.2, 0.25) is 0 Å². The summed E-state index contributed by atoms with van der Waals surface area (Å²) in [5, 5.41) is 0. The van der Waals surface area contributed by atoms with E-state index in [2.05, 4.69) is 13.8 Å². The molecule has 0 amide bonds. The Hall–Kier alpha value is -1.06. The van der Waals surface area contributed by atoms with Crippen LogP contribution in [-0.4, -0.2) is 24.6 Å². The Morgan fingerprint density at radius 1 is 1.30 bits per heavy atom. The van der Waals surface area contributed by atoms with Gasteiger partial charge in [0.1, 0.15) is 6.10 Å². The maximum Gasteiger partial charge on any atom is 0.312 e. The highest BCUT2D eigenvalue weighted by Gasteiger charge is 2.54. The molecule has 7 unspecified atom stereocenters. The van der Waals surface area contributed by atoms with Gasteiger partial charge in [0.25, 0.3) is 0 Å². The van der Waals surface area contributed by atoms with Crippen molar-refractivity contribution in [1.82, 2.24) is 0 Å². The second-order valence-electron chi connectivity index (χ2n) is 6.91. The minimum Gasteiger partial charge on any atom is -0.465 e. The summed E-state index contributed by atoms with van der Waals surface area (Å²) in [5.41, 5.74) is 0. The van der Waals surface area contributed by atoms with Gasteiger partial charge in [-0.3, -0.25) is 9.59 Å². The number of carbonyl (C=O) groups is 2. The van der Waals surface area contributed by atoms with E-state index in [1.807, 2.05) is 0 Å². The maximum atomic E-state index is 11.9. The molecule has 1 aliphatic heterocycles. The van der Waals surface area contributed by atoms with Crippen LogP contribution >= 0.6 is 0 Å². The molecular weight excluding hydrogens is 256 g/mol. The molecule has 1 saturated heterocycles. The van der Waals surface area contributed by atoms with Gasteiger partial charge in [0, 0.05) is 12.8 Å². The molecule has 7 atom stereocenters. The third-order valence-corrected chi connectivity index (χ3v) is 6.04. The number of carbonyl (C=O) groups excluding carboxylic acids is 2. The molecule has 0 spiro atoms. The molecule has 2 saturated carbocycles. The second kappa shape index (κ2) is 5.05. The third-order valence-electron chi connectivity index (χ3n) is 6.04. The summed E-state index contributed by atoms with van der Waals surface area (Å²) in [4.78, 5) is 23.3. The summed E-state index contributed by atoms with van der Waals surface area (Å²) in [7, 11) is 0. The van der Waals surface area contributed by atoms with E-state index in [1.165, 1.54) is 13.3 Å². The Labute approximate surface area is 120 Å². The van der Waals surface area contributed by atoms with Crippen LogP contribution in [0.5, 0.6) is 0 Å². The van der Waals surface area contributed by atoms with Gasteiger partial charge in [-0.25, -0.2) is 0 Å². The lowest BCUT2D eigenvalue weighted by Gasteiger charge is -2.37. The first-order valence-corrected chi connectivity index (χ1v) is 7.83. The minimum absolute atomic E-state index is 0.181. The van der Waals surface area contributed by atoms with Gasteiger partial charge in [-0.05, 0) is 42.9 Å². The van der Waals surface area contributed by atoms with Crippen LogP contribution in [0.25, 0.3) is 0 Å². The summed E-state index contributed by atoms with van der Waals surface area (Å²) in [6.07, 6.45) is 2.74. The van der Waals surface area contributed by atoms with E-state index in [4.69, 9.17) is 9.47 Å². The predicted molar refractivity (Wildman–Crippen MR) is 72.7 cm³/mol. The van der Waals surface area contributed by atoms with Crippen molar-refractivity contribution >= 4 is 11.9 Å². The van der Waals surface area contributed by atoms with Gasteiger partial charge in [0.15, 0.2) is 0 Å². The Balaban J connectivity index is 1.80. The lowest BCUT2D eigenvalue weighted by molar-refractivity contribution is -0.160. The molecule has 3 rings (SSSR count). The Morgan fingerprint density at radius 3 is 2.55 bits per heavy atom. The van der Waals surface area contributed by atoms with Crippen molar-refractivity contribution in [2.75, 3.05) is 6.61 Å². The van der Waals surface area contributed by atoms with Crippen molar-refractivity contribution in [2.45, 2.75) is 46.1 Å². The summed E-state index contributed by atoms with van der Waals surface area (Å²) < 4.78 is 10.7. The molecule has 3 aliphatic rings. The summed E-state index contributed by atoms with van der Waals surface area (Å²) in [5.74, 6) is 2.37. The van der Waals surface area contributed by atoms with Crippen molar-refractivity contribution in [3.8, 4) is 0 Å². The van der Waals surface area contributed by atoms with Gasteiger partial charge >= 0.3 is 11.9 Å². The predicted octanol–water partition coefficient (Wildman–Crippen LogP) is 2.41. The van der Waals surface area contributed by atoms with Gasteiger partial charge < -0.3 is 9.47 Å². The van der Waals surface area contributed by atoms with E-state index in [1.54, 1.807) is 0 Å². The van der Waals surface area contributed by atoms with Gasteiger partial charge in [-0.1, -0.05) is 13.8 Å². The molecule has 1 heterocycles. The van der Waals surface area contributed by atoms with Crippen LogP contribution in [0.2, 0.25) is 0 Å². The smallest absolute Gasteiger partial charge is 0.312 e. The van der Waals surface area contributed by atoms with Crippen LogP contribution in [0.15, 0.2) is 0 Å². The normalized spacial score (nSPS) is 44.5. The Bertz CT molecular complexity index is 417. The number of hydrogen-bond acceptors (Lipinski definition) is 4. The molecule has 0 N–H and O–H groups in total. The van der Waals surface area contributed by atoms with Crippen molar-refractivity contribution in [1.29, 1.82) is 0 Å². The fraction of sp³-hybridized carbons (Fsp3) is 0.875. The van der Waals surface area contributed by atoms with Crippen LogP contribution in [-0.2, 0) is 19.1 Å². The van der Waals surface area contributed by atoms with Gasteiger partial charge in [0.05, 0.1) is 12.5 Å². The molecule has 20 heavy (non-hydrogen) atoms. The highest BCUT2D eigenvalue weighted by Crippen LogP contribution is 2.57. The summed E-state index contributed by atoms with van der Waals surface area (Å²) in [6, 6.07) is 0. The van der Waals surface area contributed by atoms with E-state index in [0.29, 0.717) is 30.8 Å². The average molecular weight is 280 g/mol. The molecule has 3 fully saturated rings. The Morgan fingerprint density at radius 2 is 2.05 bits per heavy atom. The fourth-order valence-corrected chi connectivity index (χ4v) is 4.85. The number of esters is 2. The number of fused-ring (bicyclic) bond motifs is 2. The summed E-state index contributed by atoms with van der Waals surface area (Å²) >= 11 is 0. The van der Waals surface area contributed by atoms with E-state index in [-0.39, 0.29) is 24.0 Å². The molecule has 0 radical (unpaired) electrons. The second-order valence-corrected chi connectivity index (χ2v) is 6.91. The molecule has 0 aromatic carbocycles. The monoisotopic (exact) mass is 280 g/mol. The van der Waals surface area contributed by atoms with Crippen molar-refractivity contribution in [3.05, 3.63) is 0 Å². The maximum absolute atomic E-state index is 11.9. The largest absolute Gasteiger partial charge is 0.465 e. The number of hydrogen-bond donors (Lipinski definition) is 0. The zero-order chi connectivity index (χ0) is 14.4. The van der Waals surface area contributed by atoms with Crippen molar-refractivity contribution in [3.63, 3.8) is 0 Å². The molecule has 4 nitrogen and oxygen atoms in total. The molecule has 0 aromatic heterocycles. The number of rotatable bonds is 3. The standard InChI is InChI=1S/C16H24O4/c1-8-9(2)13-6-11(8)7-14(13)15(20-10(3)17)12-4-5-19-16(12)18/h8-9,11-15H,4-7H2,1-3H3. The first-order valence-electron chi connectivity index (χ1n) is 7.83. The minimum atomic E-state index is -0.279. The lowest BCUT2D eigenvalue weighted by atomic mass is 9.71. The van der Waals surface area contributed by atoms with Crippen LogP contribution < -0.4 is 0 Å². The molecule has 2 aliphatic carbocycles. The van der Waals surface area contributed by atoms with E-state index in [9.17, 15) is 9.59 Å². The number of cyclic esters (lactones) is 1. The molecule has 112 valence electrons. The molecular formula is C16H24O4. The van der Waals surface area contributed by atoms with Crippen LogP contribution in [0.1, 0.15) is 40.0 Å². The quantitative estimate of drug-likeness (QED) is 0.745. The topological polar surface area (TPSA) is 52.6 Å². The molecule has 4 heteroatoms. The summed E-state index contributed by atoms with van der Waals surface area (Å²) in [6.45, 7) is 6.54. The highest BCUT2D eigenvalue weighted by molar-refractivity contribution is 5.75. The molecule has 0 aromatic rings. The van der Waals surface area contributed by atoms with Crippen molar-refractivity contribution < 1.29 is 19.1 Å². The average Bonchev–Trinajstić information content (AvgIpc) is 3.05. The SMILES string of the molecule is CC(=O)OC(C1CCOC1=O)C1CC2CC1C(C)C2C.